The molecule has 0 aromatic carbocycles. The van der Waals surface area contributed by atoms with Crippen LogP contribution in [0, 0.1) is 0 Å². The number of esters is 1. The Kier molecular flexibility index (Phi) is 10.3. The minimum Gasteiger partial charge on any atom is -0.479 e. The van der Waals surface area contributed by atoms with Gasteiger partial charge in [0.2, 0.25) is 0 Å². The van der Waals surface area contributed by atoms with Crippen LogP contribution in [-0.2, 0) is 38.0 Å². The zero-order chi connectivity index (χ0) is 28.5. The fourth-order valence-corrected chi connectivity index (χ4v) is 4.33. The summed E-state index contributed by atoms with van der Waals surface area (Å²) in [5, 5.41) is 100. The first kappa shape index (κ1) is 30.9. The summed E-state index contributed by atoms with van der Waals surface area (Å²) in [4.78, 5) is 23.7. The molecule has 3 aliphatic heterocycles. The Hall–Kier alpha value is -1.62. The second-order valence-corrected chi connectivity index (χ2v) is 8.96. The van der Waals surface area contributed by atoms with Crippen molar-refractivity contribution in [2.75, 3.05) is 13.2 Å². The number of carbonyl (C=O) groups excluding carboxylic acids is 1. The smallest absolute Gasteiger partial charge is 0.336 e. The Morgan fingerprint density at radius 1 is 0.658 bits per heavy atom. The predicted octanol–water partition coefficient (Wildman–Crippen LogP) is -6.91. The lowest BCUT2D eigenvalue weighted by Crippen LogP contribution is -2.67. The number of carboxylic acids is 1. The lowest BCUT2D eigenvalue weighted by atomic mass is 9.95. The molecule has 0 saturated carbocycles. The third-order valence-electron chi connectivity index (χ3n) is 6.34. The molecule has 0 bridgehead atoms. The Balaban J connectivity index is 1.92. The highest BCUT2D eigenvalue weighted by Gasteiger charge is 2.56. The van der Waals surface area contributed by atoms with Crippen molar-refractivity contribution in [3.63, 3.8) is 0 Å². The molecule has 18 nitrogen and oxygen atoms in total. The average Bonchev–Trinajstić information content (AvgIpc) is 2.86. The fourth-order valence-electron chi connectivity index (χ4n) is 4.33. The van der Waals surface area contributed by atoms with E-state index in [4.69, 9.17) is 28.4 Å². The molecule has 3 rings (SSSR count). The molecule has 220 valence electrons. The molecule has 3 saturated heterocycles. The van der Waals surface area contributed by atoms with E-state index >= 15 is 0 Å². The van der Waals surface area contributed by atoms with Gasteiger partial charge >= 0.3 is 11.9 Å². The first-order valence-corrected chi connectivity index (χ1v) is 11.5. The maximum Gasteiger partial charge on any atom is 0.336 e. The van der Waals surface area contributed by atoms with E-state index in [2.05, 4.69) is 0 Å². The lowest BCUT2D eigenvalue weighted by molar-refractivity contribution is -0.375. The van der Waals surface area contributed by atoms with E-state index in [1.807, 2.05) is 0 Å². The molecule has 15 atom stereocenters. The zero-order valence-electron chi connectivity index (χ0n) is 19.8. The largest absolute Gasteiger partial charge is 0.479 e. The summed E-state index contributed by atoms with van der Waals surface area (Å²) in [6.45, 7) is -0.760. The second-order valence-electron chi connectivity index (χ2n) is 8.96. The molecule has 0 aromatic heterocycles. The molecule has 10 N–H and O–H groups in total. The minimum atomic E-state index is -2.12. The van der Waals surface area contributed by atoms with Crippen LogP contribution in [0.5, 0.6) is 0 Å². The first-order chi connectivity index (χ1) is 17.8. The van der Waals surface area contributed by atoms with Crippen molar-refractivity contribution in [1.29, 1.82) is 0 Å². The van der Waals surface area contributed by atoms with Crippen LogP contribution >= 0.6 is 0 Å². The number of ether oxygens (including phenoxy) is 6. The lowest BCUT2D eigenvalue weighted by Gasteiger charge is -2.47. The van der Waals surface area contributed by atoms with Crippen LogP contribution in [0.4, 0.5) is 0 Å². The van der Waals surface area contributed by atoms with Gasteiger partial charge < -0.3 is 79.5 Å². The van der Waals surface area contributed by atoms with Crippen LogP contribution in [0.1, 0.15) is 6.92 Å². The van der Waals surface area contributed by atoms with Gasteiger partial charge in [0, 0.05) is 6.92 Å². The fraction of sp³-hybridized carbons (Fsp3) is 0.900. The van der Waals surface area contributed by atoms with Gasteiger partial charge in [-0.15, -0.1) is 0 Å². The Morgan fingerprint density at radius 2 is 1.21 bits per heavy atom. The standard InChI is InChI=1S/C20H32O18/c1-4(23)33-15-14(37-19-10(27)9(26)7(24)5(2-21)35-19)12(29)20(38-16(15)17(30)31)36-13-8(25)6(3-22)34-18(32)11(13)28/h5-16,18-22,24-29,32H,2-3H2,1H3,(H,30,31)/t5-,6-,7-,8-,9+,10-,11+,12-,13+,14-,15-,16+,18?,19+,20+/m1/s1. The van der Waals surface area contributed by atoms with Crippen LogP contribution in [-0.4, -0.2) is 168 Å². The van der Waals surface area contributed by atoms with E-state index in [0.29, 0.717) is 0 Å². The van der Waals surface area contributed by atoms with Gasteiger partial charge in [-0.1, -0.05) is 0 Å². The van der Waals surface area contributed by atoms with Gasteiger partial charge in [0.1, 0.15) is 61.0 Å². The second kappa shape index (κ2) is 12.7. The van der Waals surface area contributed by atoms with Crippen molar-refractivity contribution in [2.45, 2.75) is 99.0 Å². The number of hydrogen-bond acceptors (Lipinski definition) is 17. The maximum atomic E-state index is 12.0. The number of aliphatic hydroxyl groups is 9. The van der Waals surface area contributed by atoms with Crippen LogP contribution in [0.15, 0.2) is 0 Å². The maximum absolute atomic E-state index is 12.0. The van der Waals surface area contributed by atoms with Crippen molar-refractivity contribution < 1.29 is 89.1 Å². The SMILES string of the molecule is CC(=O)O[C@@H]1[C@H](O[C@@H]2O[C@H](CO)[C@@H](O)[C@H](O)[C@H]2O)[C@@H](O)[C@@H](O[C@H]2[C@H](O)[C@@H](CO)OC(O)[C@H]2O)O[C@@H]1C(=O)O. The number of hydrogen-bond donors (Lipinski definition) is 10. The normalized spacial score (nSPS) is 47.9. The highest BCUT2D eigenvalue weighted by molar-refractivity contribution is 5.74. The molecule has 3 heterocycles. The summed E-state index contributed by atoms with van der Waals surface area (Å²) in [5.74, 6) is -2.79. The van der Waals surface area contributed by atoms with E-state index in [9.17, 15) is 60.7 Å². The van der Waals surface area contributed by atoms with Gasteiger partial charge in [0.15, 0.2) is 31.1 Å². The Bertz CT molecular complexity index is 811. The van der Waals surface area contributed by atoms with Gasteiger partial charge in [-0.2, -0.15) is 0 Å². The minimum absolute atomic E-state index is 0.825. The number of rotatable bonds is 8. The Morgan fingerprint density at radius 3 is 1.76 bits per heavy atom. The molecular weight excluding hydrogens is 528 g/mol. The predicted molar refractivity (Wildman–Crippen MR) is 111 cm³/mol. The third kappa shape index (κ3) is 6.24. The third-order valence-corrected chi connectivity index (χ3v) is 6.34. The monoisotopic (exact) mass is 560 g/mol. The summed E-state index contributed by atoms with van der Waals surface area (Å²) in [7, 11) is 0. The van der Waals surface area contributed by atoms with E-state index in [1.54, 1.807) is 0 Å². The average molecular weight is 560 g/mol. The molecule has 0 aliphatic carbocycles. The molecule has 3 aliphatic rings. The van der Waals surface area contributed by atoms with Crippen LogP contribution in [0.25, 0.3) is 0 Å². The van der Waals surface area contributed by atoms with Gasteiger partial charge in [0.25, 0.3) is 0 Å². The van der Waals surface area contributed by atoms with Crippen molar-refractivity contribution in [3.8, 4) is 0 Å². The molecule has 18 heteroatoms. The van der Waals surface area contributed by atoms with Gasteiger partial charge in [0.05, 0.1) is 13.2 Å². The summed E-state index contributed by atoms with van der Waals surface area (Å²) in [5.41, 5.74) is 0. The molecule has 38 heavy (non-hydrogen) atoms. The van der Waals surface area contributed by atoms with Crippen molar-refractivity contribution >= 4 is 11.9 Å². The van der Waals surface area contributed by atoms with Crippen LogP contribution in [0.3, 0.4) is 0 Å². The van der Waals surface area contributed by atoms with Gasteiger partial charge in [-0.25, -0.2) is 4.79 Å². The molecule has 0 radical (unpaired) electrons. The molecule has 3 fully saturated rings. The van der Waals surface area contributed by atoms with Gasteiger partial charge in [-0.3, -0.25) is 4.79 Å². The summed E-state index contributed by atoms with van der Waals surface area (Å²) in [6, 6.07) is 0. The van der Waals surface area contributed by atoms with Gasteiger partial charge in [-0.05, 0) is 0 Å². The number of aliphatic hydroxyl groups excluding tert-OH is 9. The molecule has 1 unspecified atom stereocenters. The van der Waals surface area contributed by atoms with E-state index in [0.717, 1.165) is 6.92 Å². The zero-order valence-corrected chi connectivity index (χ0v) is 19.8. The topological polar surface area (TPSA) is 292 Å². The highest BCUT2D eigenvalue weighted by Crippen LogP contribution is 2.33. The summed E-state index contributed by atoms with van der Waals surface area (Å²) >= 11 is 0. The Labute approximate surface area is 214 Å². The molecule has 0 amide bonds. The van der Waals surface area contributed by atoms with E-state index in [-0.39, 0.29) is 0 Å². The summed E-state index contributed by atoms with van der Waals surface area (Å²) < 4.78 is 31.2. The van der Waals surface area contributed by atoms with Crippen LogP contribution in [0.2, 0.25) is 0 Å². The number of carboxylic acid groups (broad SMARTS) is 1. The molecule has 0 spiro atoms. The number of aliphatic carboxylic acids is 1. The van der Waals surface area contributed by atoms with Crippen molar-refractivity contribution in [3.05, 3.63) is 0 Å². The summed E-state index contributed by atoms with van der Waals surface area (Å²) in [6.07, 6.45) is -28.3. The van der Waals surface area contributed by atoms with Crippen LogP contribution < -0.4 is 0 Å². The number of carbonyl (C=O) groups is 2. The molecule has 0 aromatic rings. The van der Waals surface area contributed by atoms with Crippen molar-refractivity contribution in [2.24, 2.45) is 0 Å². The quantitative estimate of drug-likeness (QED) is 0.123. The highest BCUT2D eigenvalue weighted by atomic mass is 16.8. The first-order valence-electron chi connectivity index (χ1n) is 11.5. The van der Waals surface area contributed by atoms with E-state index in [1.165, 1.54) is 0 Å². The van der Waals surface area contributed by atoms with E-state index < -0.39 is 117 Å². The molecular formula is C20H32O18. The van der Waals surface area contributed by atoms with Crippen molar-refractivity contribution in [1.82, 2.24) is 0 Å².